The van der Waals surface area contributed by atoms with Crippen molar-refractivity contribution in [2.45, 2.75) is 18.8 Å². The Morgan fingerprint density at radius 1 is 1.25 bits per heavy atom. The molecule has 0 spiro atoms. The van der Waals surface area contributed by atoms with Gasteiger partial charge in [-0.2, -0.15) is 0 Å². The van der Waals surface area contributed by atoms with E-state index in [1.165, 1.54) is 4.88 Å². The number of aryl methyl sites for hydroxylation is 1. The summed E-state index contributed by atoms with van der Waals surface area (Å²) in [6.45, 7) is 0. The van der Waals surface area contributed by atoms with Gasteiger partial charge >= 0.3 is 0 Å². The quantitative estimate of drug-likeness (QED) is 0.431. The lowest BCUT2D eigenvalue weighted by Crippen LogP contribution is -2.13. The summed E-state index contributed by atoms with van der Waals surface area (Å²) in [5.41, 5.74) is 1.90. The molecule has 0 saturated heterocycles. The topological polar surface area (TPSA) is 57.0 Å². The van der Waals surface area contributed by atoms with Crippen LogP contribution in [0.5, 0.6) is 5.75 Å². The highest BCUT2D eigenvalue weighted by Gasteiger charge is 2.21. The maximum Gasteiger partial charge on any atom is 0.198 e. The Morgan fingerprint density at radius 3 is 2.86 bits per heavy atom. The van der Waals surface area contributed by atoms with Crippen molar-refractivity contribution in [2.24, 2.45) is 7.05 Å². The van der Waals surface area contributed by atoms with E-state index in [-0.39, 0.29) is 11.7 Å². The van der Waals surface area contributed by atoms with E-state index in [4.69, 9.17) is 9.72 Å². The van der Waals surface area contributed by atoms with Crippen molar-refractivity contribution < 1.29 is 9.53 Å². The van der Waals surface area contributed by atoms with Crippen LogP contribution >= 0.6 is 11.3 Å². The molecule has 28 heavy (non-hydrogen) atoms. The van der Waals surface area contributed by atoms with Crippen LogP contribution in [0.25, 0.3) is 10.9 Å². The lowest BCUT2D eigenvalue weighted by molar-refractivity contribution is 0.0960. The van der Waals surface area contributed by atoms with E-state index < -0.39 is 0 Å². The van der Waals surface area contributed by atoms with Gasteiger partial charge in [-0.15, -0.1) is 11.3 Å². The average molecular weight is 391 g/mol. The van der Waals surface area contributed by atoms with Crippen LogP contribution in [0.3, 0.4) is 0 Å². The molecule has 1 aromatic carbocycles. The summed E-state index contributed by atoms with van der Waals surface area (Å²) in [5.74, 6) is 1.45. The normalized spacial score (nSPS) is 12.2. The minimum absolute atomic E-state index is 0.0522. The maximum absolute atomic E-state index is 12.8. The molecule has 3 heterocycles. The van der Waals surface area contributed by atoms with Gasteiger partial charge in [-0.05, 0) is 42.1 Å². The van der Waals surface area contributed by atoms with Gasteiger partial charge in [0.15, 0.2) is 11.6 Å². The summed E-state index contributed by atoms with van der Waals surface area (Å²) in [5, 5.41) is 3.09. The van der Waals surface area contributed by atoms with Crippen LogP contribution in [-0.2, 0) is 13.5 Å². The van der Waals surface area contributed by atoms with E-state index >= 15 is 0 Å². The number of ketones is 1. The molecule has 142 valence electrons. The fourth-order valence-electron chi connectivity index (χ4n) is 3.39. The Bertz CT molecular complexity index is 1100. The zero-order chi connectivity index (χ0) is 19.5. The summed E-state index contributed by atoms with van der Waals surface area (Å²) >= 11 is 1.68. The molecule has 1 atom stereocenters. The number of hydrogen-bond acceptors (Lipinski definition) is 5. The Labute approximate surface area is 167 Å². The number of benzene rings is 1. The highest BCUT2D eigenvalue weighted by molar-refractivity contribution is 7.10. The number of methoxy groups -OCH3 is 1. The van der Waals surface area contributed by atoms with E-state index in [9.17, 15) is 4.79 Å². The van der Waals surface area contributed by atoms with Gasteiger partial charge in [-0.1, -0.05) is 12.1 Å². The van der Waals surface area contributed by atoms with E-state index in [2.05, 4.69) is 17.1 Å². The van der Waals surface area contributed by atoms with Crippen molar-refractivity contribution in [1.82, 2.24) is 14.5 Å². The number of imidazole rings is 1. The molecular weight excluding hydrogens is 370 g/mol. The molecule has 0 aliphatic heterocycles. The third-order valence-electron chi connectivity index (χ3n) is 4.86. The Kier molecular flexibility index (Phi) is 5.21. The molecule has 0 aliphatic carbocycles. The van der Waals surface area contributed by atoms with E-state index in [0.29, 0.717) is 18.7 Å². The molecule has 5 nitrogen and oxygen atoms in total. The molecule has 6 heteroatoms. The number of ether oxygens (including phenoxy) is 1. The number of carbonyl (C=O) groups excluding carboxylic acids is 1. The van der Waals surface area contributed by atoms with E-state index in [1.54, 1.807) is 35.4 Å². The Hall–Kier alpha value is -2.99. The molecule has 0 fully saturated rings. The van der Waals surface area contributed by atoms with Crippen LogP contribution in [0.1, 0.15) is 33.5 Å². The van der Waals surface area contributed by atoms with Gasteiger partial charge in [-0.25, -0.2) is 4.98 Å². The molecule has 0 amide bonds. The number of Topliss-reactive ketones (excluding diaryl/α,β-unsaturated/α-hetero) is 1. The lowest BCUT2D eigenvalue weighted by Gasteiger charge is -2.15. The van der Waals surface area contributed by atoms with Gasteiger partial charge in [-0.3, -0.25) is 9.78 Å². The molecule has 0 radical (unpaired) electrons. The SMILES string of the molecule is COc1ccc2nc(C[C@H](CC(=O)c3nccn3C)c3cccs3)ccc2c1. The number of aromatic nitrogens is 3. The highest BCUT2D eigenvalue weighted by atomic mass is 32.1. The predicted molar refractivity (Wildman–Crippen MR) is 111 cm³/mol. The molecular formula is C22H21N3O2S. The number of nitrogens with zero attached hydrogens (tertiary/aromatic N) is 3. The van der Waals surface area contributed by atoms with Gasteiger partial charge in [0.2, 0.25) is 0 Å². The number of pyridine rings is 1. The number of fused-ring (bicyclic) bond motifs is 1. The van der Waals surface area contributed by atoms with Gasteiger partial charge < -0.3 is 9.30 Å². The molecule has 0 unspecified atom stereocenters. The average Bonchev–Trinajstić information content (AvgIpc) is 3.38. The second kappa shape index (κ2) is 7.94. The van der Waals surface area contributed by atoms with Crippen LogP contribution < -0.4 is 4.74 Å². The monoisotopic (exact) mass is 391 g/mol. The number of carbonyl (C=O) groups is 1. The summed E-state index contributed by atoms with van der Waals surface area (Å²) in [7, 11) is 3.51. The van der Waals surface area contributed by atoms with Crippen molar-refractivity contribution in [3.05, 3.63) is 76.6 Å². The summed E-state index contributed by atoms with van der Waals surface area (Å²) in [6, 6.07) is 14.1. The highest BCUT2D eigenvalue weighted by Crippen LogP contribution is 2.30. The summed E-state index contributed by atoms with van der Waals surface area (Å²) in [4.78, 5) is 23.0. The molecule has 0 aliphatic rings. The minimum atomic E-state index is 0.0522. The van der Waals surface area contributed by atoms with Gasteiger partial charge in [0.05, 0.1) is 12.6 Å². The molecule has 0 saturated carbocycles. The zero-order valence-electron chi connectivity index (χ0n) is 15.8. The van der Waals surface area contributed by atoms with Crippen LogP contribution in [-0.4, -0.2) is 27.4 Å². The molecule has 4 aromatic rings. The van der Waals surface area contributed by atoms with Gasteiger partial charge in [0.25, 0.3) is 0 Å². The third kappa shape index (κ3) is 3.82. The second-order valence-corrected chi connectivity index (χ2v) is 7.75. The van der Waals surface area contributed by atoms with Crippen molar-refractivity contribution in [3.63, 3.8) is 0 Å². The van der Waals surface area contributed by atoms with Crippen molar-refractivity contribution in [2.75, 3.05) is 7.11 Å². The first kappa shape index (κ1) is 18.4. The fourth-order valence-corrected chi connectivity index (χ4v) is 4.22. The van der Waals surface area contributed by atoms with E-state index in [1.807, 2.05) is 42.8 Å². The van der Waals surface area contributed by atoms with Gasteiger partial charge in [0, 0.05) is 47.7 Å². The van der Waals surface area contributed by atoms with Crippen LogP contribution in [0, 0.1) is 0 Å². The first-order valence-electron chi connectivity index (χ1n) is 9.11. The minimum Gasteiger partial charge on any atom is -0.497 e. The molecule has 0 N–H and O–H groups in total. The number of thiophene rings is 1. The first-order chi connectivity index (χ1) is 13.6. The number of hydrogen-bond donors (Lipinski definition) is 0. The zero-order valence-corrected chi connectivity index (χ0v) is 16.6. The second-order valence-electron chi connectivity index (χ2n) is 6.77. The largest absolute Gasteiger partial charge is 0.497 e. The van der Waals surface area contributed by atoms with E-state index in [0.717, 1.165) is 22.3 Å². The van der Waals surface area contributed by atoms with Crippen LogP contribution in [0.15, 0.2) is 60.2 Å². The summed E-state index contributed by atoms with van der Waals surface area (Å²) in [6.07, 6.45) is 4.57. The Morgan fingerprint density at radius 2 is 2.14 bits per heavy atom. The molecule has 0 bridgehead atoms. The Balaban J connectivity index is 1.60. The van der Waals surface area contributed by atoms with Gasteiger partial charge in [0.1, 0.15) is 5.75 Å². The smallest absolute Gasteiger partial charge is 0.198 e. The number of rotatable bonds is 7. The predicted octanol–water partition coefficient (Wildman–Crippen LogP) is 4.64. The first-order valence-corrected chi connectivity index (χ1v) is 9.99. The van der Waals surface area contributed by atoms with Crippen molar-refractivity contribution in [1.29, 1.82) is 0 Å². The third-order valence-corrected chi connectivity index (χ3v) is 5.89. The standard InChI is InChI=1S/C22H21N3O2S/c1-25-10-9-23-22(25)20(26)14-16(21-4-3-11-28-21)12-17-6-5-15-13-18(27-2)7-8-19(15)24-17/h3-11,13,16H,12,14H2,1-2H3/t16-/m1/s1. The van der Waals surface area contributed by atoms with Crippen molar-refractivity contribution in [3.8, 4) is 5.75 Å². The summed E-state index contributed by atoms with van der Waals surface area (Å²) < 4.78 is 7.06. The van der Waals surface area contributed by atoms with Crippen LogP contribution in [0.2, 0.25) is 0 Å². The fraction of sp³-hybridized carbons (Fsp3) is 0.227. The van der Waals surface area contributed by atoms with Crippen LogP contribution in [0.4, 0.5) is 0 Å². The lowest BCUT2D eigenvalue weighted by atomic mass is 9.94. The van der Waals surface area contributed by atoms with Crippen molar-refractivity contribution >= 4 is 28.0 Å². The molecule has 3 aromatic heterocycles. The maximum atomic E-state index is 12.8. The molecule has 4 rings (SSSR count).